The second kappa shape index (κ2) is 4.17. The van der Waals surface area contributed by atoms with Gasteiger partial charge in [0.25, 0.3) is 0 Å². The van der Waals surface area contributed by atoms with Crippen LogP contribution in [0.2, 0.25) is 0 Å². The molecule has 1 aromatic rings. The van der Waals surface area contributed by atoms with Crippen LogP contribution in [0.3, 0.4) is 0 Å². The van der Waals surface area contributed by atoms with Crippen LogP contribution in [0.25, 0.3) is 5.57 Å². The van der Waals surface area contributed by atoms with E-state index in [0.29, 0.717) is 0 Å². The van der Waals surface area contributed by atoms with E-state index in [2.05, 4.69) is 30.8 Å². The van der Waals surface area contributed by atoms with Gasteiger partial charge in [-0.3, -0.25) is 0 Å². The average Bonchev–Trinajstić information content (AvgIpc) is 2.16. The van der Waals surface area contributed by atoms with Crippen LogP contribution in [-0.2, 0) is 15.9 Å². The summed E-state index contributed by atoms with van der Waals surface area (Å²) in [7, 11) is 0. The standard InChI is InChI=1S/C13H16O2/c1-9(2)12-6-4-11(5-7-12)8-13-14-10(3)15-13/h4-7,10,13H,1,8H2,2-3H3. The summed E-state index contributed by atoms with van der Waals surface area (Å²) in [6.07, 6.45) is 0.723. The van der Waals surface area contributed by atoms with Gasteiger partial charge in [-0.2, -0.15) is 0 Å². The van der Waals surface area contributed by atoms with E-state index in [-0.39, 0.29) is 12.6 Å². The van der Waals surface area contributed by atoms with E-state index in [4.69, 9.17) is 9.47 Å². The Hall–Kier alpha value is -1.12. The second-order valence-electron chi connectivity index (χ2n) is 3.95. The predicted molar refractivity (Wildman–Crippen MR) is 60.3 cm³/mol. The maximum Gasteiger partial charge on any atom is 0.167 e. The molecule has 0 radical (unpaired) electrons. The lowest BCUT2D eigenvalue weighted by molar-refractivity contribution is -0.374. The first kappa shape index (κ1) is 10.4. The van der Waals surface area contributed by atoms with Gasteiger partial charge in [-0.1, -0.05) is 36.4 Å². The average molecular weight is 204 g/mol. The van der Waals surface area contributed by atoms with E-state index < -0.39 is 0 Å². The van der Waals surface area contributed by atoms with Crippen molar-refractivity contribution in [3.63, 3.8) is 0 Å². The Morgan fingerprint density at radius 1 is 1.27 bits per heavy atom. The van der Waals surface area contributed by atoms with Crippen molar-refractivity contribution in [2.24, 2.45) is 0 Å². The molecule has 0 atom stereocenters. The number of allylic oxidation sites excluding steroid dienone is 1. The van der Waals surface area contributed by atoms with Crippen molar-refractivity contribution in [1.82, 2.24) is 0 Å². The van der Waals surface area contributed by atoms with Crippen molar-refractivity contribution >= 4 is 5.57 Å². The fourth-order valence-corrected chi connectivity index (χ4v) is 1.65. The molecule has 0 saturated carbocycles. The van der Waals surface area contributed by atoms with Crippen molar-refractivity contribution in [2.45, 2.75) is 32.8 Å². The smallest absolute Gasteiger partial charge is 0.167 e. The lowest BCUT2D eigenvalue weighted by Gasteiger charge is -2.33. The molecular weight excluding hydrogens is 188 g/mol. The first-order chi connectivity index (χ1) is 7.15. The quantitative estimate of drug-likeness (QED) is 0.753. The third-order valence-corrected chi connectivity index (χ3v) is 2.54. The molecule has 15 heavy (non-hydrogen) atoms. The minimum Gasteiger partial charge on any atom is -0.324 e. The van der Waals surface area contributed by atoms with Gasteiger partial charge in [0.15, 0.2) is 12.6 Å². The zero-order valence-corrected chi connectivity index (χ0v) is 9.19. The van der Waals surface area contributed by atoms with Crippen LogP contribution >= 0.6 is 0 Å². The van der Waals surface area contributed by atoms with Crippen LogP contribution in [0.1, 0.15) is 25.0 Å². The highest BCUT2D eigenvalue weighted by Crippen LogP contribution is 2.21. The fraction of sp³-hybridized carbons (Fsp3) is 0.385. The van der Waals surface area contributed by atoms with Gasteiger partial charge in [0.1, 0.15) is 0 Å². The largest absolute Gasteiger partial charge is 0.324 e. The third kappa shape index (κ3) is 2.46. The first-order valence-electron chi connectivity index (χ1n) is 5.21. The van der Waals surface area contributed by atoms with Gasteiger partial charge < -0.3 is 9.47 Å². The van der Waals surface area contributed by atoms with Crippen molar-refractivity contribution < 1.29 is 9.47 Å². The number of ether oxygens (including phenoxy) is 2. The van der Waals surface area contributed by atoms with Crippen molar-refractivity contribution in [3.05, 3.63) is 42.0 Å². The lowest BCUT2D eigenvalue weighted by atomic mass is 10.0. The summed E-state index contributed by atoms with van der Waals surface area (Å²) < 4.78 is 10.8. The monoisotopic (exact) mass is 204 g/mol. The molecule has 0 aromatic heterocycles. The summed E-state index contributed by atoms with van der Waals surface area (Å²) in [6, 6.07) is 8.36. The van der Waals surface area contributed by atoms with E-state index >= 15 is 0 Å². The van der Waals surface area contributed by atoms with Gasteiger partial charge in [0.2, 0.25) is 0 Å². The molecule has 2 nitrogen and oxygen atoms in total. The van der Waals surface area contributed by atoms with Crippen LogP contribution in [0.4, 0.5) is 0 Å². The molecule has 0 spiro atoms. The topological polar surface area (TPSA) is 18.5 Å². The van der Waals surface area contributed by atoms with E-state index in [9.17, 15) is 0 Å². The SMILES string of the molecule is C=C(C)c1ccc(CC2OC(C)O2)cc1. The molecular formula is C13H16O2. The number of benzene rings is 1. The zero-order chi connectivity index (χ0) is 10.8. The van der Waals surface area contributed by atoms with Crippen molar-refractivity contribution in [1.29, 1.82) is 0 Å². The minimum absolute atomic E-state index is 0.0373. The molecule has 0 amide bonds. The number of hydrogen-bond acceptors (Lipinski definition) is 2. The highest BCUT2D eigenvalue weighted by Gasteiger charge is 2.26. The molecule has 80 valence electrons. The molecule has 1 fully saturated rings. The van der Waals surface area contributed by atoms with Crippen molar-refractivity contribution in [3.8, 4) is 0 Å². The molecule has 0 bridgehead atoms. The maximum atomic E-state index is 5.38. The minimum atomic E-state index is -0.0596. The summed E-state index contributed by atoms with van der Waals surface area (Å²) in [5.41, 5.74) is 3.51. The Labute approximate surface area is 90.5 Å². The molecule has 0 unspecified atom stereocenters. The highest BCUT2D eigenvalue weighted by atomic mass is 16.9. The third-order valence-electron chi connectivity index (χ3n) is 2.54. The number of hydrogen-bond donors (Lipinski definition) is 0. The zero-order valence-electron chi connectivity index (χ0n) is 9.19. The van der Waals surface area contributed by atoms with Gasteiger partial charge in [-0.05, 0) is 25.0 Å². The molecule has 2 heteroatoms. The van der Waals surface area contributed by atoms with Gasteiger partial charge in [-0.25, -0.2) is 0 Å². The Kier molecular flexibility index (Phi) is 2.89. The first-order valence-corrected chi connectivity index (χ1v) is 5.21. The molecule has 2 rings (SSSR count). The normalized spacial score (nSPS) is 24.7. The van der Waals surface area contributed by atoms with Crippen molar-refractivity contribution in [2.75, 3.05) is 0 Å². The maximum absolute atomic E-state index is 5.38. The molecule has 1 saturated heterocycles. The van der Waals surface area contributed by atoms with Crippen LogP contribution < -0.4 is 0 Å². The summed E-state index contributed by atoms with van der Waals surface area (Å²) in [5.74, 6) is 0. The van der Waals surface area contributed by atoms with E-state index in [0.717, 1.165) is 12.0 Å². The summed E-state index contributed by atoms with van der Waals surface area (Å²) in [5, 5.41) is 0. The second-order valence-corrected chi connectivity index (χ2v) is 3.95. The molecule has 0 aliphatic carbocycles. The van der Waals surface area contributed by atoms with E-state index in [1.165, 1.54) is 11.1 Å². The lowest BCUT2D eigenvalue weighted by Crippen LogP contribution is -2.40. The fourth-order valence-electron chi connectivity index (χ4n) is 1.65. The Balaban J connectivity index is 1.95. The highest BCUT2D eigenvalue weighted by molar-refractivity contribution is 5.61. The van der Waals surface area contributed by atoms with Crippen LogP contribution in [0.15, 0.2) is 30.8 Å². The van der Waals surface area contributed by atoms with Crippen LogP contribution in [0, 0.1) is 0 Å². The van der Waals surface area contributed by atoms with E-state index in [1.54, 1.807) is 0 Å². The number of rotatable bonds is 3. The Bertz CT molecular complexity index is 347. The Morgan fingerprint density at radius 2 is 1.87 bits per heavy atom. The van der Waals surface area contributed by atoms with E-state index in [1.807, 2.05) is 13.8 Å². The van der Waals surface area contributed by atoms with Gasteiger partial charge in [0, 0.05) is 6.42 Å². The predicted octanol–water partition coefficient (Wildman–Crippen LogP) is 2.98. The van der Waals surface area contributed by atoms with Crippen LogP contribution in [-0.4, -0.2) is 12.6 Å². The summed E-state index contributed by atoms with van der Waals surface area (Å²) >= 11 is 0. The molecule has 1 aliphatic heterocycles. The van der Waals surface area contributed by atoms with Crippen LogP contribution in [0.5, 0.6) is 0 Å². The molecule has 1 aromatic carbocycles. The molecule has 1 heterocycles. The van der Waals surface area contributed by atoms with Gasteiger partial charge in [0.05, 0.1) is 0 Å². The van der Waals surface area contributed by atoms with Gasteiger partial charge >= 0.3 is 0 Å². The molecule has 1 aliphatic rings. The summed E-state index contributed by atoms with van der Waals surface area (Å²) in [4.78, 5) is 0. The van der Waals surface area contributed by atoms with Gasteiger partial charge in [-0.15, -0.1) is 0 Å². The Morgan fingerprint density at radius 3 is 2.33 bits per heavy atom. The summed E-state index contributed by atoms with van der Waals surface area (Å²) in [6.45, 7) is 7.82. The molecule has 0 N–H and O–H groups in total.